The quantitative estimate of drug-likeness (QED) is 0.642. The SMILES string of the molecule is O=C(Nc1ccn([C@H]2C[C@H](O)[C@@H](CO)O2)c(=O)n1)c1cccc(C2(C(F)(F)F)N=N2)c1. The molecule has 3 heterocycles. The van der Waals surface area contributed by atoms with Crippen molar-refractivity contribution in [2.24, 2.45) is 10.2 Å². The number of nitrogens with one attached hydrogen (secondary N) is 1. The van der Waals surface area contributed by atoms with Crippen molar-refractivity contribution >= 4 is 11.7 Å². The van der Waals surface area contributed by atoms with E-state index in [9.17, 15) is 27.9 Å². The average molecular weight is 439 g/mol. The normalized spacial score (nSPS) is 24.2. The van der Waals surface area contributed by atoms with Gasteiger partial charge in [-0.2, -0.15) is 18.2 Å². The third kappa shape index (κ3) is 3.82. The summed E-state index contributed by atoms with van der Waals surface area (Å²) in [6.45, 7) is -0.413. The van der Waals surface area contributed by atoms with Gasteiger partial charge in [-0.3, -0.25) is 9.36 Å². The standard InChI is InChI=1S/C18H16F3N5O5/c19-18(20,21)17(24-25-17)10-3-1-2-9(6-10)15(29)22-13-4-5-26(16(30)23-13)14-7-11(28)12(8-27)31-14/h1-6,11-12,14,27-28H,7-8H2,(H,22,23,29,30)/t11-,12+,14+/m0/s1. The van der Waals surface area contributed by atoms with E-state index in [-0.39, 0.29) is 23.4 Å². The zero-order valence-corrected chi connectivity index (χ0v) is 15.7. The topological polar surface area (TPSA) is 138 Å². The second-order valence-electron chi connectivity index (χ2n) is 7.02. The van der Waals surface area contributed by atoms with Crippen LogP contribution in [0, 0.1) is 0 Å². The van der Waals surface area contributed by atoms with Gasteiger partial charge in [0.05, 0.1) is 12.7 Å². The van der Waals surface area contributed by atoms with E-state index in [2.05, 4.69) is 20.5 Å². The minimum atomic E-state index is -4.72. The molecule has 1 aromatic heterocycles. The highest BCUT2D eigenvalue weighted by atomic mass is 19.4. The van der Waals surface area contributed by atoms with Gasteiger partial charge in [-0.05, 0) is 18.2 Å². The molecule has 1 aromatic carbocycles. The number of aliphatic hydroxyl groups excluding tert-OH is 2. The largest absolute Gasteiger partial charge is 0.442 e. The molecule has 0 spiro atoms. The van der Waals surface area contributed by atoms with Crippen LogP contribution in [0.4, 0.5) is 19.0 Å². The van der Waals surface area contributed by atoms with Crippen LogP contribution in [0.2, 0.25) is 0 Å². The van der Waals surface area contributed by atoms with Gasteiger partial charge in [0.2, 0.25) is 0 Å². The van der Waals surface area contributed by atoms with E-state index in [1.807, 2.05) is 0 Å². The van der Waals surface area contributed by atoms with Crippen molar-refractivity contribution in [1.82, 2.24) is 9.55 Å². The number of rotatable bonds is 5. The fourth-order valence-electron chi connectivity index (χ4n) is 3.26. The summed E-state index contributed by atoms with van der Waals surface area (Å²) in [5.74, 6) is -0.905. The lowest BCUT2D eigenvalue weighted by atomic mass is 10.0. The maximum atomic E-state index is 13.2. The average Bonchev–Trinajstić information content (AvgIpc) is 3.46. The van der Waals surface area contributed by atoms with E-state index in [0.29, 0.717) is 0 Å². The summed E-state index contributed by atoms with van der Waals surface area (Å²) < 4.78 is 46.0. The van der Waals surface area contributed by atoms with Gasteiger partial charge in [0.25, 0.3) is 5.91 Å². The Hall–Kier alpha value is -3.16. The molecule has 13 heteroatoms. The number of carbonyl (C=O) groups is 1. The molecule has 10 nitrogen and oxygen atoms in total. The van der Waals surface area contributed by atoms with Crippen molar-refractivity contribution in [1.29, 1.82) is 0 Å². The van der Waals surface area contributed by atoms with E-state index >= 15 is 0 Å². The van der Waals surface area contributed by atoms with Gasteiger partial charge < -0.3 is 20.3 Å². The van der Waals surface area contributed by atoms with Gasteiger partial charge in [-0.1, -0.05) is 12.1 Å². The zero-order valence-electron chi connectivity index (χ0n) is 15.7. The highest BCUT2D eigenvalue weighted by molar-refractivity contribution is 6.03. The van der Waals surface area contributed by atoms with Crippen molar-refractivity contribution in [3.8, 4) is 0 Å². The van der Waals surface area contributed by atoms with E-state index < -0.39 is 48.5 Å². The van der Waals surface area contributed by atoms with Gasteiger partial charge in [-0.25, -0.2) is 4.79 Å². The predicted molar refractivity (Wildman–Crippen MR) is 97.1 cm³/mol. The number of carbonyl (C=O) groups excluding carboxylic acids is 1. The Bertz CT molecular complexity index is 1100. The number of anilines is 1. The lowest BCUT2D eigenvalue weighted by molar-refractivity contribution is -0.166. The van der Waals surface area contributed by atoms with Crippen molar-refractivity contribution in [3.63, 3.8) is 0 Å². The number of nitrogens with zero attached hydrogens (tertiary/aromatic N) is 4. The van der Waals surface area contributed by atoms with Crippen LogP contribution >= 0.6 is 0 Å². The van der Waals surface area contributed by atoms with Crippen molar-refractivity contribution in [3.05, 3.63) is 58.1 Å². The summed E-state index contributed by atoms with van der Waals surface area (Å²) in [4.78, 5) is 28.4. The summed E-state index contributed by atoms with van der Waals surface area (Å²) in [6.07, 6.45) is -5.97. The number of benzene rings is 1. The molecule has 0 unspecified atom stereocenters. The van der Waals surface area contributed by atoms with Gasteiger partial charge in [-0.15, -0.1) is 10.2 Å². The molecule has 0 aliphatic carbocycles. The fourth-order valence-corrected chi connectivity index (χ4v) is 3.26. The molecule has 1 amide bonds. The number of hydrogen-bond acceptors (Lipinski definition) is 8. The fraction of sp³-hybridized carbons (Fsp3) is 0.389. The number of aliphatic hydroxyl groups is 2. The Balaban J connectivity index is 1.49. The van der Waals surface area contributed by atoms with Gasteiger partial charge >= 0.3 is 17.5 Å². The highest BCUT2D eigenvalue weighted by Crippen LogP contribution is 2.52. The molecule has 2 aromatic rings. The maximum Gasteiger partial charge on any atom is 0.442 e. The molecule has 4 rings (SSSR count). The molecule has 0 bridgehead atoms. The minimum absolute atomic E-state index is 0.0718. The molecule has 31 heavy (non-hydrogen) atoms. The molecular formula is C18H16F3N5O5. The summed E-state index contributed by atoms with van der Waals surface area (Å²) in [5, 5.41) is 27.5. The van der Waals surface area contributed by atoms with Gasteiger partial charge in [0, 0.05) is 23.7 Å². The molecule has 0 radical (unpaired) electrons. The second kappa shape index (κ2) is 7.51. The van der Waals surface area contributed by atoms with E-state index in [1.54, 1.807) is 0 Å². The van der Waals surface area contributed by atoms with Gasteiger partial charge in [0.15, 0.2) is 0 Å². The Labute approximate surface area is 172 Å². The summed E-state index contributed by atoms with van der Waals surface area (Å²) >= 11 is 0. The summed E-state index contributed by atoms with van der Waals surface area (Å²) in [6, 6.07) is 6.06. The first-order valence-corrected chi connectivity index (χ1v) is 9.11. The first-order valence-electron chi connectivity index (χ1n) is 9.11. The number of ether oxygens (including phenoxy) is 1. The predicted octanol–water partition coefficient (Wildman–Crippen LogP) is 1.32. The van der Waals surface area contributed by atoms with Crippen molar-refractivity contribution in [2.75, 3.05) is 11.9 Å². The van der Waals surface area contributed by atoms with Crippen LogP contribution in [0.25, 0.3) is 0 Å². The lowest BCUT2D eigenvalue weighted by Crippen LogP contribution is -2.30. The first-order chi connectivity index (χ1) is 14.6. The monoisotopic (exact) mass is 439 g/mol. The Morgan fingerprint density at radius 1 is 1.32 bits per heavy atom. The molecule has 3 atom stereocenters. The molecule has 2 aliphatic heterocycles. The zero-order chi connectivity index (χ0) is 22.4. The number of amides is 1. The smallest absolute Gasteiger partial charge is 0.394 e. The van der Waals surface area contributed by atoms with Crippen molar-refractivity contribution < 1.29 is 32.9 Å². The minimum Gasteiger partial charge on any atom is -0.394 e. The lowest BCUT2D eigenvalue weighted by Gasteiger charge is -2.16. The van der Waals surface area contributed by atoms with Crippen LogP contribution in [0.3, 0.4) is 0 Å². The number of halogens is 3. The number of hydrogen-bond donors (Lipinski definition) is 3. The van der Waals surface area contributed by atoms with E-state index in [1.165, 1.54) is 30.5 Å². The highest BCUT2D eigenvalue weighted by Gasteiger charge is 2.65. The maximum absolute atomic E-state index is 13.2. The van der Waals surface area contributed by atoms with Crippen LogP contribution < -0.4 is 11.0 Å². The van der Waals surface area contributed by atoms with E-state index in [0.717, 1.165) is 10.6 Å². The Kier molecular flexibility index (Phi) is 5.11. The summed E-state index contributed by atoms with van der Waals surface area (Å²) in [5.41, 5.74) is -3.84. The van der Waals surface area contributed by atoms with Crippen molar-refractivity contribution in [2.45, 2.75) is 36.7 Å². The molecular weight excluding hydrogens is 423 g/mol. The third-order valence-electron chi connectivity index (χ3n) is 4.99. The van der Waals surface area contributed by atoms with Crippen LogP contribution in [-0.2, 0) is 10.4 Å². The van der Waals surface area contributed by atoms with E-state index in [4.69, 9.17) is 9.84 Å². The molecule has 3 N–H and O–H groups in total. The summed E-state index contributed by atoms with van der Waals surface area (Å²) in [7, 11) is 0. The second-order valence-corrected chi connectivity index (χ2v) is 7.02. The Morgan fingerprint density at radius 3 is 2.65 bits per heavy atom. The first kappa shape index (κ1) is 21.1. The van der Waals surface area contributed by atoms with Crippen LogP contribution in [-0.4, -0.2) is 50.7 Å². The third-order valence-corrected chi connectivity index (χ3v) is 4.99. The number of aromatic nitrogens is 2. The number of alkyl halides is 3. The van der Waals surface area contributed by atoms with Crippen LogP contribution in [0.15, 0.2) is 51.6 Å². The molecule has 0 saturated carbocycles. The molecule has 1 saturated heterocycles. The molecule has 164 valence electrons. The van der Waals surface area contributed by atoms with Crippen LogP contribution in [0.1, 0.15) is 28.6 Å². The van der Waals surface area contributed by atoms with Gasteiger partial charge in [0.1, 0.15) is 18.1 Å². The molecule has 2 aliphatic rings. The molecule has 1 fully saturated rings. The Morgan fingerprint density at radius 2 is 2.06 bits per heavy atom. The van der Waals surface area contributed by atoms with Crippen LogP contribution in [0.5, 0.6) is 0 Å².